The Hall–Kier alpha value is -1.42. The van der Waals surface area contributed by atoms with Crippen LogP contribution < -0.4 is 5.32 Å². The lowest BCUT2D eigenvalue weighted by molar-refractivity contribution is -0.384. The van der Waals surface area contributed by atoms with Gasteiger partial charge in [0.15, 0.2) is 0 Å². The number of hydrogen-bond donors (Lipinski definition) is 1. The van der Waals surface area contributed by atoms with Crippen molar-refractivity contribution in [3.63, 3.8) is 0 Å². The largest absolute Gasteiger partial charge is 0.314 e. The summed E-state index contributed by atoms with van der Waals surface area (Å²) in [6.07, 6.45) is 3.40. The maximum absolute atomic E-state index is 10.5. The zero-order chi connectivity index (χ0) is 10.7. The molecule has 1 aromatic carbocycles. The molecule has 0 heterocycles. The van der Waals surface area contributed by atoms with E-state index in [1.807, 2.05) is 6.07 Å². The summed E-state index contributed by atoms with van der Waals surface area (Å²) in [6, 6.07) is 7.54. The van der Waals surface area contributed by atoms with E-state index in [0.29, 0.717) is 6.04 Å². The Morgan fingerprint density at radius 3 is 2.93 bits per heavy atom. The Bertz CT molecular complexity index is 361. The van der Waals surface area contributed by atoms with E-state index in [-0.39, 0.29) is 10.6 Å². The van der Waals surface area contributed by atoms with E-state index in [2.05, 4.69) is 5.32 Å². The number of hydrogen-bond acceptors (Lipinski definition) is 3. The Labute approximate surface area is 88.5 Å². The second-order valence-electron chi connectivity index (χ2n) is 3.91. The fraction of sp³-hybridized carbons (Fsp3) is 0.455. The molecule has 80 valence electrons. The Kier molecular flexibility index (Phi) is 2.97. The highest BCUT2D eigenvalue weighted by Crippen LogP contribution is 2.18. The number of nitro benzene ring substituents is 1. The highest BCUT2D eigenvalue weighted by atomic mass is 16.6. The first kappa shape index (κ1) is 10.1. The van der Waals surface area contributed by atoms with Gasteiger partial charge in [-0.15, -0.1) is 0 Å². The fourth-order valence-corrected chi connectivity index (χ4v) is 1.53. The van der Waals surface area contributed by atoms with Crippen molar-refractivity contribution in [2.24, 2.45) is 0 Å². The lowest BCUT2D eigenvalue weighted by Crippen LogP contribution is -2.19. The van der Waals surface area contributed by atoms with Gasteiger partial charge in [-0.1, -0.05) is 12.1 Å². The summed E-state index contributed by atoms with van der Waals surface area (Å²) < 4.78 is 0. The van der Waals surface area contributed by atoms with Gasteiger partial charge in [0.25, 0.3) is 5.69 Å². The molecule has 0 aliphatic heterocycles. The summed E-state index contributed by atoms with van der Waals surface area (Å²) in [5, 5.41) is 13.9. The Morgan fingerprint density at radius 1 is 1.47 bits per heavy atom. The van der Waals surface area contributed by atoms with Crippen molar-refractivity contribution in [2.45, 2.75) is 25.3 Å². The predicted octanol–water partition coefficient (Wildman–Crippen LogP) is 1.89. The second kappa shape index (κ2) is 4.40. The number of nitro groups is 1. The molecule has 2 rings (SSSR count). The molecule has 1 fully saturated rings. The molecule has 1 aromatic rings. The number of non-ortho nitro benzene ring substituents is 1. The minimum atomic E-state index is -0.349. The van der Waals surface area contributed by atoms with E-state index in [0.717, 1.165) is 18.5 Å². The lowest BCUT2D eigenvalue weighted by atomic mass is 10.1. The van der Waals surface area contributed by atoms with Crippen LogP contribution in [0, 0.1) is 10.1 Å². The summed E-state index contributed by atoms with van der Waals surface area (Å²) in [6.45, 7) is 0.909. The van der Waals surface area contributed by atoms with Crippen LogP contribution in [-0.2, 0) is 6.42 Å². The minimum Gasteiger partial charge on any atom is -0.314 e. The van der Waals surface area contributed by atoms with Crippen LogP contribution in [0.2, 0.25) is 0 Å². The van der Waals surface area contributed by atoms with Crippen LogP contribution in [0.3, 0.4) is 0 Å². The quantitative estimate of drug-likeness (QED) is 0.591. The zero-order valence-corrected chi connectivity index (χ0v) is 8.48. The average molecular weight is 206 g/mol. The van der Waals surface area contributed by atoms with Crippen LogP contribution in [0.4, 0.5) is 5.69 Å². The van der Waals surface area contributed by atoms with Crippen LogP contribution in [0.15, 0.2) is 24.3 Å². The number of nitrogens with one attached hydrogen (secondary N) is 1. The summed E-state index contributed by atoms with van der Waals surface area (Å²) >= 11 is 0. The molecule has 1 aliphatic rings. The standard InChI is InChI=1S/C11H14N2O2/c14-13(15)11-3-1-2-9(8-11)6-7-12-10-4-5-10/h1-3,8,10,12H,4-7H2. The van der Waals surface area contributed by atoms with Gasteiger partial charge in [0.05, 0.1) is 4.92 Å². The molecule has 15 heavy (non-hydrogen) atoms. The molecule has 0 radical (unpaired) electrons. The predicted molar refractivity (Wildman–Crippen MR) is 57.8 cm³/mol. The first-order valence-electron chi connectivity index (χ1n) is 5.22. The van der Waals surface area contributed by atoms with Gasteiger partial charge < -0.3 is 5.32 Å². The second-order valence-corrected chi connectivity index (χ2v) is 3.91. The van der Waals surface area contributed by atoms with E-state index >= 15 is 0 Å². The highest BCUT2D eigenvalue weighted by molar-refractivity contribution is 5.34. The third kappa shape index (κ3) is 3.02. The molecule has 1 aliphatic carbocycles. The third-order valence-corrected chi connectivity index (χ3v) is 2.55. The highest BCUT2D eigenvalue weighted by Gasteiger charge is 2.19. The van der Waals surface area contributed by atoms with Gasteiger partial charge in [0, 0.05) is 18.2 Å². The molecule has 1 N–H and O–H groups in total. The molecule has 0 atom stereocenters. The van der Waals surface area contributed by atoms with Crippen molar-refractivity contribution in [3.8, 4) is 0 Å². The Morgan fingerprint density at radius 2 is 2.27 bits per heavy atom. The van der Waals surface area contributed by atoms with Crippen molar-refractivity contribution in [3.05, 3.63) is 39.9 Å². The first-order valence-corrected chi connectivity index (χ1v) is 5.22. The van der Waals surface area contributed by atoms with Crippen LogP contribution >= 0.6 is 0 Å². The molecular weight excluding hydrogens is 192 g/mol. The van der Waals surface area contributed by atoms with Crippen LogP contribution in [0.5, 0.6) is 0 Å². The topological polar surface area (TPSA) is 55.2 Å². The van der Waals surface area contributed by atoms with Crippen molar-refractivity contribution in [2.75, 3.05) is 6.54 Å². The zero-order valence-electron chi connectivity index (χ0n) is 8.48. The molecule has 1 saturated carbocycles. The molecule has 0 saturated heterocycles. The monoisotopic (exact) mass is 206 g/mol. The minimum absolute atomic E-state index is 0.180. The van der Waals surface area contributed by atoms with E-state index in [1.54, 1.807) is 12.1 Å². The van der Waals surface area contributed by atoms with E-state index in [4.69, 9.17) is 0 Å². The molecule has 0 spiro atoms. The smallest absolute Gasteiger partial charge is 0.269 e. The maximum Gasteiger partial charge on any atom is 0.269 e. The van der Waals surface area contributed by atoms with Crippen molar-refractivity contribution < 1.29 is 4.92 Å². The van der Waals surface area contributed by atoms with Crippen molar-refractivity contribution in [1.29, 1.82) is 0 Å². The molecule has 0 bridgehead atoms. The van der Waals surface area contributed by atoms with Crippen molar-refractivity contribution in [1.82, 2.24) is 5.32 Å². The Balaban J connectivity index is 1.88. The van der Waals surface area contributed by atoms with Crippen LogP contribution in [0.1, 0.15) is 18.4 Å². The number of nitrogens with zero attached hydrogens (tertiary/aromatic N) is 1. The van der Waals surface area contributed by atoms with Crippen LogP contribution in [-0.4, -0.2) is 17.5 Å². The lowest BCUT2D eigenvalue weighted by Gasteiger charge is -2.02. The van der Waals surface area contributed by atoms with Crippen molar-refractivity contribution >= 4 is 5.69 Å². The van der Waals surface area contributed by atoms with Gasteiger partial charge >= 0.3 is 0 Å². The maximum atomic E-state index is 10.5. The fourth-order valence-electron chi connectivity index (χ4n) is 1.53. The van der Waals surface area contributed by atoms with Gasteiger partial charge in [-0.05, 0) is 31.4 Å². The number of benzene rings is 1. The molecule has 4 heteroatoms. The summed E-state index contributed by atoms with van der Waals surface area (Å²) in [7, 11) is 0. The normalized spacial score (nSPS) is 15.2. The van der Waals surface area contributed by atoms with E-state index in [1.165, 1.54) is 18.9 Å². The van der Waals surface area contributed by atoms with Gasteiger partial charge in [0.2, 0.25) is 0 Å². The molecular formula is C11H14N2O2. The summed E-state index contributed by atoms with van der Waals surface area (Å²) in [4.78, 5) is 10.2. The molecule has 0 unspecified atom stereocenters. The molecule has 4 nitrogen and oxygen atoms in total. The van der Waals surface area contributed by atoms with E-state index in [9.17, 15) is 10.1 Å². The molecule has 0 amide bonds. The van der Waals surface area contributed by atoms with E-state index < -0.39 is 0 Å². The molecule has 0 aromatic heterocycles. The van der Waals surface area contributed by atoms with Gasteiger partial charge in [-0.25, -0.2) is 0 Å². The SMILES string of the molecule is O=[N+]([O-])c1cccc(CCNC2CC2)c1. The van der Waals surface area contributed by atoms with Gasteiger partial charge in [-0.3, -0.25) is 10.1 Å². The first-order chi connectivity index (χ1) is 7.25. The summed E-state index contributed by atoms with van der Waals surface area (Å²) in [5.74, 6) is 0. The third-order valence-electron chi connectivity index (χ3n) is 2.55. The van der Waals surface area contributed by atoms with Gasteiger partial charge in [0.1, 0.15) is 0 Å². The van der Waals surface area contributed by atoms with Gasteiger partial charge in [-0.2, -0.15) is 0 Å². The van der Waals surface area contributed by atoms with Crippen LogP contribution in [0.25, 0.3) is 0 Å². The number of rotatable bonds is 5. The summed E-state index contributed by atoms with van der Waals surface area (Å²) in [5.41, 5.74) is 1.20. The average Bonchev–Trinajstić information content (AvgIpc) is 3.02.